The van der Waals surface area contributed by atoms with Gasteiger partial charge in [-0.25, -0.2) is 0 Å². The van der Waals surface area contributed by atoms with Crippen molar-refractivity contribution >= 4 is 11.6 Å². The van der Waals surface area contributed by atoms with Crippen molar-refractivity contribution in [2.75, 3.05) is 11.4 Å². The zero-order chi connectivity index (χ0) is 9.26. The fourth-order valence-electron chi connectivity index (χ4n) is 1.60. The quantitative estimate of drug-likeness (QED) is 0.647. The van der Waals surface area contributed by atoms with Crippen molar-refractivity contribution in [1.29, 1.82) is 0 Å². The van der Waals surface area contributed by atoms with E-state index >= 15 is 0 Å². The van der Waals surface area contributed by atoms with Gasteiger partial charge in [0.2, 0.25) is 5.91 Å². The van der Waals surface area contributed by atoms with Gasteiger partial charge in [0.25, 0.3) is 0 Å². The molecule has 0 unspecified atom stereocenters. The molecule has 0 saturated carbocycles. The van der Waals surface area contributed by atoms with Crippen LogP contribution in [0.25, 0.3) is 0 Å². The lowest BCUT2D eigenvalue weighted by Gasteiger charge is -2.24. The first-order chi connectivity index (χ1) is 6.33. The number of anilines is 1. The highest BCUT2D eigenvalue weighted by Gasteiger charge is 2.21. The zero-order valence-electron chi connectivity index (χ0n) is 7.29. The minimum atomic E-state index is -0.0534. The van der Waals surface area contributed by atoms with Gasteiger partial charge in [0.15, 0.2) is 0 Å². The van der Waals surface area contributed by atoms with E-state index in [2.05, 4.69) is 16.8 Å². The molecule has 1 N–H and O–H groups in total. The molecule has 0 aliphatic carbocycles. The third kappa shape index (κ3) is 1.24. The largest absolute Gasteiger partial charge is 0.306 e. The van der Waals surface area contributed by atoms with E-state index in [-0.39, 0.29) is 5.91 Å². The molecule has 1 aromatic rings. The third-order valence-electron chi connectivity index (χ3n) is 2.24. The Morgan fingerprint density at radius 2 is 2.62 bits per heavy atom. The molecule has 2 heterocycles. The first-order valence-electron chi connectivity index (χ1n) is 4.29. The Bertz CT molecular complexity index is 342. The van der Waals surface area contributed by atoms with Crippen LogP contribution in [0, 0.1) is 0 Å². The summed E-state index contributed by atoms with van der Waals surface area (Å²) in [5.41, 5.74) is 1.94. The molecule has 0 radical (unpaired) electrons. The number of H-pyrrole nitrogens is 1. The molecular formula is C9H11N3O. The summed E-state index contributed by atoms with van der Waals surface area (Å²) in [6.45, 7) is 4.23. The molecule has 1 aliphatic rings. The topological polar surface area (TPSA) is 49.0 Å². The molecule has 1 aromatic heterocycles. The molecule has 0 aromatic carbocycles. The van der Waals surface area contributed by atoms with Crippen LogP contribution >= 0.6 is 0 Å². The lowest BCUT2D eigenvalue weighted by Crippen LogP contribution is -2.33. The maximum atomic E-state index is 11.4. The van der Waals surface area contributed by atoms with E-state index in [1.807, 2.05) is 0 Å². The SMILES string of the molecule is C=CC(=O)N1CCCc2[nH]ncc21. The summed E-state index contributed by atoms with van der Waals surface area (Å²) in [6, 6.07) is 0. The summed E-state index contributed by atoms with van der Waals surface area (Å²) < 4.78 is 0. The van der Waals surface area contributed by atoms with Gasteiger partial charge in [-0.15, -0.1) is 0 Å². The molecule has 1 aliphatic heterocycles. The molecule has 2 rings (SSSR count). The second-order valence-corrected chi connectivity index (χ2v) is 3.03. The number of aryl methyl sites for hydroxylation is 1. The van der Waals surface area contributed by atoms with Crippen LogP contribution in [0.15, 0.2) is 18.9 Å². The second kappa shape index (κ2) is 3.05. The Morgan fingerprint density at radius 3 is 3.38 bits per heavy atom. The number of aromatic nitrogens is 2. The first kappa shape index (κ1) is 8.04. The van der Waals surface area contributed by atoms with Crippen LogP contribution in [0.3, 0.4) is 0 Å². The molecule has 0 bridgehead atoms. The van der Waals surface area contributed by atoms with Gasteiger partial charge in [-0.1, -0.05) is 6.58 Å². The summed E-state index contributed by atoms with van der Waals surface area (Å²) >= 11 is 0. The number of amides is 1. The van der Waals surface area contributed by atoms with E-state index in [9.17, 15) is 4.79 Å². The number of hydrogen-bond donors (Lipinski definition) is 1. The Labute approximate surface area is 76.2 Å². The van der Waals surface area contributed by atoms with E-state index in [0.717, 1.165) is 30.8 Å². The number of aromatic amines is 1. The van der Waals surface area contributed by atoms with Gasteiger partial charge in [-0.2, -0.15) is 5.10 Å². The number of nitrogens with one attached hydrogen (secondary N) is 1. The third-order valence-corrected chi connectivity index (χ3v) is 2.24. The summed E-state index contributed by atoms with van der Waals surface area (Å²) in [5, 5.41) is 6.81. The average Bonchev–Trinajstić information content (AvgIpc) is 2.63. The number of carbonyl (C=O) groups excluding carboxylic acids is 1. The standard InChI is InChI=1S/C9H11N3O/c1-2-9(13)12-5-3-4-7-8(12)6-10-11-7/h2,6H,1,3-5H2,(H,10,11). The van der Waals surface area contributed by atoms with Crippen molar-refractivity contribution in [3.8, 4) is 0 Å². The molecular weight excluding hydrogens is 166 g/mol. The van der Waals surface area contributed by atoms with Gasteiger partial charge >= 0.3 is 0 Å². The second-order valence-electron chi connectivity index (χ2n) is 3.03. The van der Waals surface area contributed by atoms with Crippen molar-refractivity contribution in [3.63, 3.8) is 0 Å². The molecule has 4 nitrogen and oxygen atoms in total. The van der Waals surface area contributed by atoms with Gasteiger partial charge in [0.1, 0.15) is 0 Å². The molecule has 0 fully saturated rings. The van der Waals surface area contributed by atoms with Crippen LogP contribution in [0.5, 0.6) is 0 Å². The predicted molar refractivity (Wildman–Crippen MR) is 49.5 cm³/mol. The summed E-state index contributed by atoms with van der Waals surface area (Å²) in [7, 11) is 0. The highest BCUT2D eigenvalue weighted by Crippen LogP contribution is 2.24. The van der Waals surface area contributed by atoms with Crippen LogP contribution < -0.4 is 4.90 Å². The Kier molecular flexibility index (Phi) is 1.88. The van der Waals surface area contributed by atoms with E-state index in [0.29, 0.717) is 0 Å². The maximum absolute atomic E-state index is 11.4. The lowest BCUT2D eigenvalue weighted by atomic mass is 10.1. The smallest absolute Gasteiger partial charge is 0.250 e. The highest BCUT2D eigenvalue weighted by atomic mass is 16.2. The van der Waals surface area contributed by atoms with Crippen LogP contribution in [0.4, 0.5) is 5.69 Å². The molecule has 0 spiro atoms. The van der Waals surface area contributed by atoms with Crippen molar-refractivity contribution in [2.45, 2.75) is 12.8 Å². The zero-order valence-corrected chi connectivity index (χ0v) is 7.29. The van der Waals surface area contributed by atoms with E-state index in [4.69, 9.17) is 0 Å². The first-order valence-corrected chi connectivity index (χ1v) is 4.29. The van der Waals surface area contributed by atoms with Crippen molar-refractivity contribution < 1.29 is 4.79 Å². The molecule has 0 atom stereocenters. The lowest BCUT2D eigenvalue weighted by molar-refractivity contribution is -0.114. The summed E-state index contributed by atoms with van der Waals surface area (Å²) in [5.74, 6) is -0.0534. The summed E-state index contributed by atoms with van der Waals surface area (Å²) in [4.78, 5) is 13.1. The van der Waals surface area contributed by atoms with E-state index in [1.165, 1.54) is 6.08 Å². The molecule has 1 amide bonds. The van der Waals surface area contributed by atoms with Crippen molar-refractivity contribution in [1.82, 2.24) is 10.2 Å². The fraction of sp³-hybridized carbons (Fsp3) is 0.333. The normalized spacial score (nSPS) is 15.2. The summed E-state index contributed by atoms with van der Waals surface area (Å²) in [6.07, 6.45) is 4.98. The Hall–Kier alpha value is -1.58. The highest BCUT2D eigenvalue weighted by molar-refractivity contribution is 6.01. The Morgan fingerprint density at radius 1 is 1.77 bits per heavy atom. The molecule has 68 valence electrons. The predicted octanol–water partition coefficient (Wildman–Crippen LogP) is 0.875. The molecule has 0 saturated heterocycles. The molecule has 4 heteroatoms. The number of rotatable bonds is 1. The number of nitrogens with zero attached hydrogens (tertiary/aromatic N) is 2. The fourth-order valence-corrected chi connectivity index (χ4v) is 1.60. The van der Waals surface area contributed by atoms with Gasteiger partial charge in [-0.05, 0) is 18.9 Å². The molecule has 13 heavy (non-hydrogen) atoms. The minimum Gasteiger partial charge on any atom is -0.306 e. The van der Waals surface area contributed by atoms with Crippen LogP contribution in [0.1, 0.15) is 12.1 Å². The maximum Gasteiger partial charge on any atom is 0.250 e. The Balaban J connectivity index is 2.35. The van der Waals surface area contributed by atoms with Gasteiger partial charge in [0, 0.05) is 6.54 Å². The number of hydrogen-bond acceptors (Lipinski definition) is 2. The van der Waals surface area contributed by atoms with Crippen molar-refractivity contribution in [2.24, 2.45) is 0 Å². The number of fused-ring (bicyclic) bond motifs is 1. The van der Waals surface area contributed by atoms with Crippen LogP contribution in [-0.2, 0) is 11.2 Å². The van der Waals surface area contributed by atoms with Gasteiger partial charge in [-0.3, -0.25) is 9.89 Å². The van der Waals surface area contributed by atoms with Gasteiger partial charge in [0.05, 0.1) is 17.6 Å². The van der Waals surface area contributed by atoms with Crippen LogP contribution in [0.2, 0.25) is 0 Å². The average molecular weight is 177 g/mol. The van der Waals surface area contributed by atoms with Crippen LogP contribution in [-0.4, -0.2) is 22.6 Å². The number of carbonyl (C=O) groups is 1. The van der Waals surface area contributed by atoms with Gasteiger partial charge < -0.3 is 4.90 Å². The monoisotopic (exact) mass is 177 g/mol. The van der Waals surface area contributed by atoms with Crippen molar-refractivity contribution in [3.05, 3.63) is 24.5 Å². The minimum absolute atomic E-state index is 0.0534. The van der Waals surface area contributed by atoms with E-state index < -0.39 is 0 Å². The van der Waals surface area contributed by atoms with E-state index in [1.54, 1.807) is 11.1 Å².